The molecule has 124 valence electrons. The highest BCUT2D eigenvalue weighted by molar-refractivity contribution is 6.02. The van der Waals surface area contributed by atoms with Crippen LogP contribution in [0.15, 0.2) is 36.7 Å². The van der Waals surface area contributed by atoms with Crippen molar-refractivity contribution in [1.29, 1.82) is 0 Å². The first-order valence-electron chi connectivity index (χ1n) is 8.02. The summed E-state index contributed by atoms with van der Waals surface area (Å²) in [5.41, 5.74) is 0.643. The Kier molecular flexibility index (Phi) is 3.68. The molecule has 2 aromatic rings. The van der Waals surface area contributed by atoms with Crippen LogP contribution in [0.4, 0.5) is 5.69 Å². The topological polar surface area (TPSA) is 76.5 Å². The molecule has 0 fully saturated rings. The number of aromatic nitrogens is 2. The van der Waals surface area contributed by atoms with Crippen LogP contribution in [-0.2, 0) is 22.6 Å². The van der Waals surface area contributed by atoms with Gasteiger partial charge in [-0.3, -0.25) is 14.5 Å². The van der Waals surface area contributed by atoms with Gasteiger partial charge in [-0.05, 0) is 18.6 Å². The highest BCUT2D eigenvalue weighted by atomic mass is 16.5. The number of hydrogen-bond donors (Lipinski definition) is 1. The van der Waals surface area contributed by atoms with Crippen molar-refractivity contribution in [2.24, 2.45) is 0 Å². The number of ether oxygens (including phenoxy) is 1. The maximum Gasteiger partial charge on any atom is 0.265 e. The summed E-state index contributed by atoms with van der Waals surface area (Å²) in [5.74, 6) is 1.32. The molecule has 1 N–H and O–H groups in total. The lowest BCUT2D eigenvalue weighted by atomic mass is 10.1. The zero-order valence-corrected chi connectivity index (χ0v) is 13.1. The van der Waals surface area contributed by atoms with E-state index in [2.05, 4.69) is 14.9 Å². The first-order valence-corrected chi connectivity index (χ1v) is 8.02. The molecular formula is C17H18N4O3. The molecule has 2 amide bonds. The Labute approximate surface area is 139 Å². The van der Waals surface area contributed by atoms with Gasteiger partial charge in [0.15, 0.2) is 6.61 Å². The van der Waals surface area contributed by atoms with Gasteiger partial charge in [0.1, 0.15) is 18.1 Å². The number of nitrogens with one attached hydrogen (secondary N) is 1. The molecule has 1 atom stereocenters. The number of aryl methyl sites for hydroxylation is 1. The predicted octanol–water partition coefficient (Wildman–Crippen LogP) is 0.740. The van der Waals surface area contributed by atoms with E-state index >= 15 is 0 Å². The molecule has 3 heterocycles. The fraction of sp³-hybridized carbons (Fsp3) is 0.353. The SMILES string of the molecule is O=C(CN1C(=O)COc2ccccc21)NC1CCc2nccn2C1. The van der Waals surface area contributed by atoms with Crippen LogP contribution < -0.4 is 15.0 Å². The van der Waals surface area contributed by atoms with Crippen LogP contribution in [-0.4, -0.2) is 40.6 Å². The minimum absolute atomic E-state index is 0.00644. The lowest BCUT2D eigenvalue weighted by molar-refractivity contribution is -0.125. The van der Waals surface area contributed by atoms with Crippen molar-refractivity contribution in [3.8, 4) is 5.75 Å². The molecule has 2 aliphatic rings. The van der Waals surface area contributed by atoms with E-state index in [1.807, 2.05) is 18.3 Å². The monoisotopic (exact) mass is 326 g/mol. The molecule has 0 bridgehead atoms. The summed E-state index contributed by atoms with van der Waals surface area (Å²) in [6.07, 6.45) is 5.41. The second-order valence-electron chi connectivity index (χ2n) is 6.04. The van der Waals surface area contributed by atoms with E-state index in [0.717, 1.165) is 18.7 Å². The molecule has 0 saturated heterocycles. The summed E-state index contributed by atoms with van der Waals surface area (Å²) in [7, 11) is 0. The average molecular weight is 326 g/mol. The molecule has 7 heteroatoms. The molecule has 1 unspecified atom stereocenters. The molecule has 24 heavy (non-hydrogen) atoms. The van der Waals surface area contributed by atoms with Crippen LogP contribution in [0.2, 0.25) is 0 Å². The number of carbonyl (C=O) groups excluding carboxylic acids is 2. The maximum absolute atomic E-state index is 12.4. The van der Waals surface area contributed by atoms with Crippen LogP contribution in [0.1, 0.15) is 12.2 Å². The van der Waals surface area contributed by atoms with Gasteiger partial charge >= 0.3 is 0 Å². The van der Waals surface area contributed by atoms with Gasteiger partial charge in [0.05, 0.1) is 5.69 Å². The first-order chi connectivity index (χ1) is 11.7. The van der Waals surface area contributed by atoms with Gasteiger partial charge in [-0.1, -0.05) is 12.1 Å². The molecule has 4 rings (SSSR count). The number of fused-ring (bicyclic) bond motifs is 2. The minimum atomic E-state index is -0.204. The van der Waals surface area contributed by atoms with Crippen molar-refractivity contribution < 1.29 is 14.3 Å². The highest BCUT2D eigenvalue weighted by Gasteiger charge is 2.28. The van der Waals surface area contributed by atoms with Gasteiger partial charge in [-0.2, -0.15) is 0 Å². The summed E-state index contributed by atoms with van der Waals surface area (Å²) in [4.78, 5) is 30.3. The van der Waals surface area contributed by atoms with Crippen molar-refractivity contribution in [2.45, 2.75) is 25.4 Å². The second kappa shape index (κ2) is 5.99. The Hall–Kier alpha value is -2.83. The van der Waals surface area contributed by atoms with E-state index in [0.29, 0.717) is 18.0 Å². The zero-order chi connectivity index (χ0) is 16.5. The molecule has 1 aromatic carbocycles. The van der Waals surface area contributed by atoms with E-state index in [1.54, 1.807) is 18.3 Å². The third kappa shape index (κ3) is 2.73. The van der Waals surface area contributed by atoms with Crippen molar-refractivity contribution in [3.63, 3.8) is 0 Å². The van der Waals surface area contributed by atoms with Crippen LogP contribution in [0.5, 0.6) is 5.75 Å². The van der Waals surface area contributed by atoms with Crippen LogP contribution in [0, 0.1) is 0 Å². The Balaban J connectivity index is 1.42. The second-order valence-corrected chi connectivity index (χ2v) is 6.04. The lowest BCUT2D eigenvalue weighted by Gasteiger charge is -2.30. The standard InChI is InChI=1S/C17H18N4O3/c22-16(19-12-5-6-15-18-7-8-20(15)9-12)10-21-13-3-1-2-4-14(13)24-11-17(21)23/h1-4,7-8,12H,5-6,9-11H2,(H,19,22). The van der Waals surface area contributed by atoms with Crippen molar-refractivity contribution in [3.05, 3.63) is 42.5 Å². The number of hydrogen-bond acceptors (Lipinski definition) is 4. The summed E-state index contributed by atoms with van der Waals surface area (Å²) in [5, 5.41) is 3.03. The Bertz CT molecular complexity index is 786. The number of rotatable bonds is 3. The van der Waals surface area contributed by atoms with Gasteiger partial charge in [-0.25, -0.2) is 4.98 Å². The fourth-order valence-corrected chi connectivity index (χ4v) is 3.23. The first kappa shape index (κ1) is 14.7. The predicted molar refractivity (Wildman–Crippen MR) is 86.8 cm³/mol. The van der Waals surface area contributed by atoms with Crippen LogP contribution >= 0.6 is 0 Å². The molecule has 0 spiro atoms. The normalized spacial score (nSPS) is 19.2. The van der Waals surface area contributed by atoms with Gasteiger partial charge < -0.3 is 14.6 Å². The summed E-state index contributed by atoms with van der Waals surface area (Å²) < 4.78 is 7.45. The van der Waals surface area contributed by atoms with E-state index in [1.165, 1.54) is 4.90 Å². The summed E-state index contributed by atoms with van der Waals surface area (Å²) in [6.45, 7) is 0.688. The highest BCUT2D eigenvalue weighted by Crippen LogP contribution is 2.31. The van der Waals surface area contributed by atoms with Gasteiger partial charge in [-0.15, -0.1) is 0 Å². The Morgan fingerprint density at radius 2 is 2.25 bits per heavy atom. The fourth-order valence-electron chi connectivity index (χ4n) is 3.23. The van der Waals surface area contributed by atoms with E-state index in [4.69, 9.17) is 4.74 Å². The summed E-state index contributed by atoms with van der Waals surface area (Å²) in [6, 6.07) is 7.32. The average Bonchev–Trinajstić information content (AvgIpc) is 3.05. The third-order valence-corrected chi connectivity index (χ3v) is 4.41. The summed E-state index contributed by atoms with van der Waals surface area (Å²) >= 11 is 0. The maximum atomic E-state index is 12.4. The number of imidazole rings is 1. The number of benzene rings is 1. The number of anilines is 1. The van der Waals surface area contributed by atoms with Gasteiger partial charge in [0.2, 0.25) is 5.91 Å². The van der Waals surface area contributed by atoms with Gasteiger partial charge in [0.25, 0.3) is 5.91 Å². The largest absolute Gasteiger partial charge is 0.482 e. The van der Waals surface area contributed by atoms with E-state index < -0.39 is 0 Å². The molecule has 0 aliphatic carbocycles. The van der Waals surface area contributed by atoms with Crippen molar-refractivity contribution in [1.82, 2.24) is 14.9 Å². The number of para-hydroxylation sites is 2. The smallest absolute Gasteiger partial charge is 0.265 e. The van der Waals surface area contributed by atoms with Crippen LogP contribution in [0.3, 0.4) is 0 Å². The Morgan fingerprint density at radius 1 is 1.38 bits per heavy atom. The van der Waals surface area contributed by atoms with Crippen molar-refractivity contribution >= 4 is 17.5 Å². The number of carbonyl (C=O) groups is 2. The van der Waals surface area contributed by atoms with Crippen molar-refractivity contribution in [2.75, 3.05) is 18.1 Å². The Morgan fingerprint density at radius 3 is 3.17 bits per heavy atom. The number of nitrogens with zero attached hydrogens (tertiary/aromatic N) is 3. The third-order valence-electron chi connectivity index (χ3n) is 4.41. The molecule has 2 aliphatic heterocycles. The van der Waals surface area contributed by atoms with E-state index in [-0.39, 0.29) is 31.0 Å². The quantitative estimate of drug-likeness (QED) is 0.902. The lowest BCUT2D eigenvalue weighted by Crippen LogP contribution is -2.48. The van der Waals surface area contributed by atoms with Crippen LogP contribution in [0.25, 0.3) is 0 Å². The molecule has 1 aromatic heterocycles. The zero-order valence-electron chi connectivity index (χ0n) is 13.1. The molecule has 7 nitrogen and oxygen atoms in total. The molecular weight excluding hydrogens is 308 g/mol. The van der Waals surface area contributed by atoms with E-state index in [9.17, 15) is 9.59 Å². The van der Waals surface area contributed by atoms with Gasteiger partial charge in [0, 0.05) is 31.4 Å². The number of amides is 2. The molecule has 0 saturated carbocycles. The molecule has 0 radical (unpaired) electrons. The minimum Gasteiger partial charge on any atom is -0.482 e.